The number of aromatic nitrogens is 2. The summed E-state index contributed by atoms with van der Waals surface area (Å²) in [5.41, 5.74) is 6.25. The molecule has 1 aromatic carbocycles. The van der Waals surface area contributed by atoms with Gasteiger partial charge in [0.15, 0.2) is 17.3 Å². The largest absolute Gasteiger partial charge is 0.496 e. The highest BCUT2D eigenvalue weighted by Gasteiger charge is 2.20. The van der Waals surface area contributed by atoms with Crippen molar-refractivity contribution in [2.45, 2.75) is 12.8 Å². The Morgan fingerprint density at radius 1 is 1.10 bits per heavy atom. The topological polar surface area (TPSA) is 92.6 Å². The summed E-state index contributed by atoms with van der Waals surface area (Å²) in [5.74, 6) is 2.61. The van der Waals surface area contributed by atoms with Crippen molar-refractivity contribution >= 4 is 0 Å². The average Bonchev–Trinajstić information content (AvgIpc) is 3.02. The van der Waals surface area contributed by atoms with Gasteiger partial charge in [0.1, 0.15) is 5.75 Å². The first-order valence-electron chi connectivity index (χ1n) is 6.48. The zero-order valence-corrected chi connectivity index (χ0v) is 12.5. The molecule has 0 bridgehead atoms. The molecule has 1 aromatic heterocycles. The minimum absolute atomic E-state index is 0.0219. The van der Waals surface area contributed by atoms with Crippen LogP contribution in [0.15, 0.2) is 16.7 Å². The molecule has 1 heterocycles. The second-order valence-corrected chi connectivity index (χ2v) is 4.50. The van der Waals surface area contributed by atoms with Crippen molar-refractivity contribution in [3.05, 3.63) is 18.0 Å². The van der Waals surface area contributed by atoms with E-state index in [9.17, 15) is 0 Å². The van der Waals surface area contributed by atoms with Gasteiger partial charge in [0.25, 0.3) is 5.89 Å². The van der Waals surface area contributed by atoms with Crippen molar-refractivity contribution in [2.75, 3.05) is 27.9 Å². The Morgan fingerprint density at radius 3 is 2.29 bits per heavy atom. The molecule has 0 spiro atoms. The van der Waals surface area contributed by atoms with E-state index >= 15 is 0 Å². The van der Waals surface area contributed by atoms with Crippen LogP contribution in [0, 0.1) is 0 Å². The maximum Gasteiger partial charge on any atom is 0.261 e. The number of nitrogens with zero attached hydrogens (tertiary/aromatic N) is 2. The first-order chi connectivity index (χ1) is 10.1. The van der Waals surface area contributed by atoms with E-state index in [4.69, 9.17) is 24.5 Å². The number of rotatable bonds is 6. The molecular weight excluding hydrogens is 274 g/mol. The van der Waals surface area contributed by atoms with Crippen LogP contribution in [0.5, 0.6) is 17.2 Å². The van der Waals surface area contributed by atoms with E-state index in [0.29, 0.717) is 41.1 Å². The maximum atomic E-state index is 5.61. The van der Waals surface area contributed by atoms with Gasteiger partial charge >= 0.3 is 0 Å². The van der Waals surface area contributed by atoms with Crippen LogP contribution < -0.4 is 19.9 Å². The molecule has 0 saturated carbocycles. The van der Waals surface area contributed by atoms with E-state index < -0.39 is 0 Å². The zero-order valence-electron chi connectivity index (χ0n) is 12.5. The first kappa shape index (κ1) is 15.1. The molecule has 2 rings (SSSR count). The van der Waals surface area contributed by atoms with Gasteiger partial charge in [-0.15, -0.1) is 0 Å². The highest BCUT2D eigenvalue weighted by Crippen LogP contribution is 2.39. The Labute approximate surface area is 123 Å². The lowest BCUT2D eigenvalue weighted by Gasteiger charge is -2.11. The fraction of sp³-hybridized carbons (Fsp3) is 0.429. The van der Waals surface area contributed by atoms with E-state index in [1.165, 1.54) is 0 Å². The Kier molecular flexibility index (Phi) is 4.64. The van der Waals surface area contributed by atoms with E-state index in [1.807, 2.05) is 6.92 Å². The zero-order chi connectivity index (χ0) is 15.4. The summed E-state index contributed by atoms with van der Waals surface area (Å²) >= 11 is 0. The summed E-state index contributed by atoms with van der Waals surface area (Å²) < 4.78 is 21.2. The quantitative estimate of drug-likeness (QED) is 0.868. The molecule has 0 aliphatic heterocycles. The fourth-order valence-electron chi connectivity index (χ4n) is 1.85. The number of ether oxygens (including phenoxy) is 3. The number of benzene rings is 1. The predicted octanol–water partition coefficient (Wildman–Crippen LogP) is 1.82. The highest BCUT2D eigenvalue weighted by atomic mass is 16.5. The average molecular weight is 293 g/mol. The molecule has 21 heavy (non-hydrogen) atoms. The summed E-state index contributed by atoms with van der Waals surface area (Å²) in [6.07, 6.45) is 0. The summed E-state index contributed by atoms with van der Waals surface area (Å²) in [6, 6.07) is 3.45. The molecule has 1 atom stereocenters. The summed E-state index contributed by atoms with van der Waals surface area (Å²) in [7, 11) is 4.68. The Bertz CT molecular complexity index is 612. The van der Waals surface area contributed by atoms with Gasteiger partial charge in [0.2, 0.25) is 0 Å². The smallest absolute Gasteiger partial charge is 0.261 e. The molecule has 7 heteroatoms. The normalized spacial score (nSPS) is 12.0. The van der Waals surface area contributed by atoms with Crippen LogP contribution in [0.2, 0.25) is 0 Å². The fourth-order valence-corrected chi connectivity index (χ4v) is 1.85. The lowest BCUT2D eigenvalue weighted by atomic mass is 10.1. The van der Waals surface area contributed by atoms with Gasteiger partial charge < -0.3 is 24.5 Å². The van der Waals surface area contributed by atoms with Gasteiger partial charge in [0.05, 0.1) is 26.9 Å². The molecule has 0 saturated heterocycles. The minimum atomic E-state index is 0.0219. The lowest BCUT2D eigenvalue weighted by molar-refractivity contribution is 0.348. The minimum Gasteiger partial charge on any atom is -0.496 e. The first-order valence-corrected chi connectivity index (χ1v) is 6.48. The molecule has 0 radical (unpaired) electrons. The molecule has 0 aliphatic carbocycles. The monoisotopic (exact) mass is 293 g/mol. The van der Waals surface area contributed by atoms with E-state index in [-0.39, 0.29) is 5.92 Å². The molecule has 114 valence electrons. The van der Waals surface area contributed by atoms with Gasteiger partial charge in [-0.05, 0) is 0 Å². The van der Waals surface area contributed by atoms with E-state index in [1.54, 1.807) is 33.5 Å². The molecule has 7 nitrogen and oxygen atoms in total. The predicted molar refractivity (Wildman–Crippen MR) is 76.9 cm³/mol. The van der Waals surface area contributed by atoms with Crippen LogP contribution in [-0.4, -0.2) is 38.0 Å². The summed E-state index contributed by atoms with van der Waals surface area (Å²) in [5, 5.41) is 3.94. The molecule has 2 N–H and O–H groups in total. The van der Waals surface area contributed by atoms with Gasteiger partial charge in [-0.25, -0.2) is 0 Å². The second-order valence-electron chi connectivity index (χ2n) is 4.50. The highest BCUT2D eigenvalue weighted by molar-refractivity contribution is 5.68. The van der Waals surface area contributed by atoms with E-state index in [2.05, 4.69) is 10.1 Å². The number of hydrogen-bond acceptors (Lipinski definition) is 7. The van der Waals surface area contributed by atoms with Crippen molar-refractivity contribution in [3.63, 3.8) is 0 Å². The summed E-state index contributed by atoms with van der Waals surface area (Å²) in [6.45, 7) is 2.38. The van der Waals surface area contributed by atoms with Gasteiger partial charge in [-0.1, -0.05) is 12.1 Å². The molecule has 0 amide bonds. The molecule has 1 unspecified atom stereocenters. The Morgan fingerprint density at radius 2 is 1.71 bits per heavy atom. The lowest BCUT2D eigenvalue weighted by Crippen LogP contribution is -2.10. The van der Waals surface area contributed by atoms with Crippen molar-refractivity contribution < 1.29 is 18.7 Å². The van der Waals surface area contributed by atoms with Crippen molar-refractivity contribution in [3.8, 4) is 28.7 Å². The van der Waals surface area contributed by atoms with Crippen LogP contribution in [0.3, 0.4) is 0 Å². The SMILES string of the molecule is COc1cc(OC)c(-c2nc(C(C)CN)no2)cc1OC. The van der Waals surface area contributed by atoms with Gasteiger partial charge in [-0.3, -0.25) is 0 Å². The van der Waals surface area contributed by atoms with Crippen LogP contribution in [0.4, 0.5) is 0 Å². The molecule has 0 aliphatic rings. The Balaban J connectivity index is 2.49. The van der Waals surface area contributed by atoms with Crippen LogP contribution in [0.1, 0.15) is 18.7 Å². The summed E-state index contributed by atoms with van der Waals surface area (Å²) in [4.78, 5) is 4.36. The Hall–Kier alpha value is -2.28. The third kappa shape index (κ3) is 2.92. The standard InChI is InChI=1S/C14H19N3O4/c1-8(7-15)13-16-14(21-17-13)9-5-11(19-3)12(20-4)6-10(9)18-2/h5-6,8H,7,15H2,1-4H3. The van der Waals surface area contributed by atoms with Crippen molar-refractivity contribution in [2.24, 2.45) is 5.73 Å². The maximum absolute atomic E-state index is 5.61. The van der Waals surface area contributed by atoms with Crippen LogP contribution in [0.25, 0.3) is 11.5 Å². The third-order valence-corrected chi connectivity index (χ3v) is 3.17. The van der Waals surface area contributed by atoms with Crippen molar-refractivity contribution in [1.29, 1.82) is 0 Å². The number of nitrogens with two attached hydrogens (primary N) is 1. The van der Waals surface area contributed by atoms with E-state index in [0.717, 1.165) is 0 Å². The number of hydrogen-bond donors (Lipinski definition) is 1. The second kappa shape index (κ2) is 6.45. The van der Waals surface area contributed by atoms with Crippen LogP contribution >= 0.6 is 0 Å². The number of methoxy groups -OCH3 is 3. The molecule has 0 fully saturated rings. The van der Waals surface area contributed by atoms with Gasteiger partial charge in [0, 0.05) is 24.6 Å². The van der Waals surface area contributed by atoms with Gasteiger partial charge in [-0.2, -0.15) is 4.98 Å². The molecule has 2 aromatic rings. The third-order valence-electron chi connectivity index (χ3n) is 3.17. The van der Waals surface area contributed by atoms with Crippen molar-refractivity contribution in [1.82, 2.24) is 10.1 Å². The van der Waals surface area contributed by atoms with Crippen LogP contribution in [-0.2, 0) is 0 Å². The molecular formula is C14H19N3O4.